The average molecular weight is 513 g/mol. The van der Waals surface area contributed by atoms with E-state index in [1.807, 2.05) is 25.1 Å². The summed E-state index contributed by atoms with van der Waals surface area (Å²) in [5, 5.41) is 0.614. The molecular weight excluding hydrogens is 488 g/mol. The van der Waals surface area contributed by atoms with Gasteiger partial charge in [-0.2, -0.15) is 0 Å². The Morgan fingerprint density at radius 2 is 1.89 bits per heavy atom. The van der Waals surface area contributed by atoms with Gasteiger partial charge in [-0.1, -0.05) is 41.1 Å². The Morgan fingerprint density at radius 1 is 1.14 bits per heavy atom. The van der Waals surface area contributed by atoms with Crippen LogP contribution in [0.4, 0.5) is 0 Å². The van der Waals surface area contributed by atoms with Crippen molar-refractivity contribution in [1.82, 2.24) is 4.57 Å². The number of thiazole rings is 1. The molecule has 0 amide bonds. The van der Waals surface area contributed by atoms with Gasteiger partial charge in [0.2, 0.25) is 0 Å². The van der Waals surface area contributed by atoms with E-state index in [1.54, 1.807) is 55.9 Å². The van der Waals surface area contributed by atoms with Crippen LogP contribution in [0.3, 0.4) is 0 Å². The number of carbonyl (C=O) groups is 1. The molecule has 0 saturated carbocycles. The second-order valence-electron chi connectivity index (χ2n) is 7.70. The molecule has 2 heterocycles. The van der Waals surface area contributed by atoms with Crippen molar-refractivity contribution in [2.24, 2.45) is 4.99 Å². The molecule has 0 radical (unpaired) electrons. The van der Waals surface area contributed by atoms with E-state index < -0.39 is 12.0 Å². The largest absolute Gasteiger partial charge is 0.493 e. The first-order chi connectivity index (χ1) is 16.9. The van der Waals surface area contributed by atoms with E-state index in [2.05, 4.69) is 4.99 Å². The highest BCUT2D eigenvalue weighted by atomic mass is 35.5. The zero-order valence-electron chi connectivity index (χ0n) is 19.8. The zero-order valence-corrected chi connectivity index (χ0v) is 21.4. The molecule has 9 heteroatoms. The van der Waals surface area contributed by atoms with Crippen LogP contribution in [0.2, 0.25) is 5.02 Å². The molecule has 1 atom stereocenters. The summed E-state index contributed by atoms with van der Waals surface area (Å²) in [5.41, 5.74) is 2.08. The van der Waals surface area contributed by atoms with Gasteiger partial charge in [0.15, 0.2) is 16.3 Å². The Morgan fingerprint density at radius 3 is 2.54 bits per heavy atom. The molecule has 0 fully saturated rings. The number of halogens is 1. The third-order valence-corrected chi connectivity index (χ3v) is 6.72. The first kappa shape index (κ1) is 24.8. The summed E-state index contributed by atoms with van der Waals surface area (Å²) < 4.78 is 18.6. The van der Waals surface area contributed by atoms with E-state index in [-0.39, 0.29) is 12.2 Å². The highest BCUT2D eigenvalue weighted by Crippen LogP contribution is 2.36. The van der Waals surface area contributed by atoms with Crippen LogP contribution in [0.15, 0.2) is 63.5 Å². The minimum Gasteiger partial charge on any atom is -0.493 e. The second-order valence-corrected chi connectivity index (χ2v) is 9.14. The van der Waals surface area contributed by atoms with Gasteiger partial charge in [0.05, 0.1) is 42.2 Å². The smallest absolute Gasteiger partial charge is 0.338 e. The molecule has 3 aromatic rings. The first-order valence-corrected chi connectivity index (χ1v) is 12.3. The van der Waals surface area contributed by atoms with Crippen molar-refractivity contribution >= 4 is 35.0 Å². The number of allylic oxidation sites excluding steroid dienone is 1. The molecular formula is C26H25ClN2O5S. The zero-order chi connectivity index (χ0) is 25.1. The van der Waals surface area contributed by atoms with Gasteiger partial charge >= 0.3 is 5.97 Å². The summed E-state index contributed by atoms with van der Waals surface area (Å²) in [4.78, 5) is 31.8. The number of fused-ring (bicyclic) bond motifs is 1. The summed E-state index contributed by atoms with van der Waals surface area (Å²) in [7, 11) is 1.56. The summed E-state index contributed by atoms with van der Waals surface area (Å²) in [6, 6.07) is 11.9. The van der Waals surface area contributed by atoms with Gasteiger partial charge in [-0.05, 0) is 62.2 Å². The van der Waals surface area contributed by atoms with Gasteiger partial charge in [-0.25, -0.2) is 9.79 Å². The average Bonchev–Trinajstić information content (AvgIpc) is 3.14. The molecule has 0 saturated heterocycles. The van der Waals surface area contributed by atoms with Gasteiger partial charge in [-0.3, -0.25) is 9.36 Å². The third kappa shape index (κ3) is 4.90. The summed E-state index contributed by atoms with van der Waals surface area (Å²) in [6.45, 7) is 6.01. The number of benzene rings is 2. The van der Waals surface area contributed by atoms with Crippen molar-refractivity contribution < 1.29 is 19.0 Å². The Kier molecular flexibility index (Phi) is 7.42. The Labute approximate surface area is 211 Å². The fraction of sp³-hybridized carbons (Fsp3) is 0.269. The molecule has 1 aliphatic heterocycles. The lowest BCUT2D eigenvalue weighted by Gasteiger charge is -2.25. The van der Waals surface area contributed by atoms with E-state index in [9.17, 15) is 9.59 Å². The summed E-state index contributed by atoms with van der Waals surface area (Å²) in [6.07, 6.45) is 1.79. The van der Waals surface area contributed by atoms with Crippen molar-refractivity contribution in [3.05, 3.63) is 89.6 Å². The number of esters is 1. The topological polar surface area (TPSA) is 79.1 Å². The van der Waals surface area contributed by atoms with Crippen molar-refractivity contribution in [2.75, 3.05) is 20.3 Å². The Bertz CT molecular complexity index is 1470. The quantitative estimate of drug-likeness (QED) is 0.449. The first-order valence-electron chi connectivity index (χ1n) is 11.1. The number of ether oxygens (including phenoxy) is 3. The number of aromatic nitrogens is 1. The Hall–Kier alpha value is -3.36. The molecule has 0 unspecified atom stereocenters. The molecule has 0 aliphatic carbocycles. The van der Waals surface area contributed by atoms with Crippen molar-refractivity contribution in [3.8, 4) is 11.5 Å². The van der Waals surface area contributed by atoms with Crippen molar-refractivity contribution in [1.29, 1.82) is 0 Å². The summed E-state index contributed by atoms with van der Waals surface area (Å²) >= 11 is 7.26. The van der Waals surface area contributed by atoms with Crippen LogP contribution in [-0.2, 0) is 9.53 Å². The normalized spacial score (nSPS) is 15.5. The van der Waals surface area contributed by atoms with Crippen LogP contribution in [0.25, 0.3) is 6.08 Å². The SMILES string of the molecule is CCOC(=O)C1=C(C)N=c2s/c(=C\c3ccc(Cl)cc3)c(=O)n2[C@H]1c1ccc(OC)c(OCC)c1. The maximum Gasteiger partial charge on any atom is 0.338 e. The van der Waals surface area contributed by atoms with Crippen molar-refractivity contribution in [3.63, 3.8) is 0 Å². The van der Waals surface area contributed by atoms with Crippen molar-refractivity contribution in [2.45, 2.75) is 26.8 Å². The molecule has 4 rings (SSSR count). The number of hydrogen-bond donors (Lipinski definition) is 0. The van der Waals surface area contributed by atoms with Crippen LogP contribution in [0.1, 0.15) is 37.9 Å². The molecule has 35 heavy (non-hydrogen) atoms. The lowest BCUT2D eigenvalue weighted by Crippen LogP contribution is -2.40. The minimum atomic E-state index is -0.734. The lowest BCUT2D eigenvalue weighted by molar-refractivity contribution is -0.139. The number of carbonyl (C=O) groups excluding carboxylic acids is 1. The van der Waals surface area contributed by atoms with Crippen LogP contribution in [0, 0.1) is 0 Å². The fourth-order valence-corrected chi connectivity index (χ4v) is 5.12. The maximum atomic E-state index is 13.7. The van der Waals surface area contributed by atoms with E-state index in [4.69, 9.17) is 25.8 Å². The van der Waals surface area contributed by atoms with Gasteiger partial charge in [0, 0.05) is 5.02 Å². The molecule has 0 N–H and O–H groups in total. The van der Waals surface area contributed by atoms with Gasteiger partial charge in [0.1, 0.15) is 0 Å². The van der Waals surface area contributed by atoms with Crippen LogP contribution >= 0.6 is 22.9 Å². The van der Waals surface area contributed by atoms with Crippen LogP contribution < -0.4 is 24.4 Å². The van der Waals surface area contributed by atoms with E-state index in [0.29, 0.717) is 49.3 Å². The Balaban J connectivity index is 1.96. The number of hydrogen-bond acceptors (Lipinski definition) is 7. The van der Waals surface area contributed by atoms with E-state index in [1.165, 1.54) is 11.3 Å². The van der Waals surface area contributed by atoms with Crippen LogP contribution in [0.5, 0.6) is 11.5 Å². The minimum absolute atomic E-state index is 0.204. The van der Waals surface area contributed by atoms with Gasteiger partial charge in [-0.15, -0.1) is 0 Å². The van der Waals surface area contributed by atoms with E-state index >= 15 is 0 Å². The van der Waals surface area contributed by atoms with Crippen LogP contribution in [-0.4, -0.2) is 30.9 Å². The number of rotatable bonds is 7. The number of methoxy groups -OCH3 is 1. The molecule has 2 aromatic carbocycles. The lowest BCUT2D eigenvalue weighted by atomic mass is 9.95. The van der Waals surface area contributed by atoms with Gasteiger partial charge < -0.3 is 14.2 Å². The molecule has 7 nitrogen and oxygen atoms in total. The predicted octanol–water partition coefficient (Wildman–Crippen LogP) is 3.86. The van der Waals surface area contributed by atoms with Gasteiger partial charge in [0.25, 0.3) is 5.56 Å². The van der Waals surface area contributed by atoms with E-state index in [0.717, 1.165) is 5.56 Å². The molecule has 1 aliphatic rings. The molecule has 0 bridgehead atoms. The highest BCUT2D eigenvalue weighted by molar-refractivity contribution is 7.07. The fourth-order valence-electron chi connectivity index (χ4n) is 3.95. The third-order valence-electron chi connectivity index (χ3n) is 5.49. The predicted molar refractivity (Wildman–Crippen MR) is 136 cm³/mol. The second kappa shape index (κ2) is 10.5. The highest BCUT2D eigenvalue weighted by Gasteiger charge is 2.33. The maximum absolute atomic E-state index is 13.7. The molecule has 182 valence electrons. The summed E-state index contributed by atoms with van der Waals surface area (Å²) in [5.74, 6) is 0.567. The standard InChI is InChI=1S/C26H25ClN2O5S/c1-5-33-20-14-17(9-12-19(20)32-4)23-22(25(31)34-6-2)15(3)28-26-29(23)24(30)21(35-26)13-16-7-10-18(27)11-8-16/h7-14,23H,5-6H2,1-4H3/b21-13-/t23-/m0/s1. The monoisotopic (exact) mass is 512 g/mol. The molecule has 1 aromatic heterocycles. The molecule has 0 spiro atoms. The number of nitrogens with zero attached hydrogens (tertiary/aromatic N) is 2.